The minimum atomic E-state index is -0.736. The molecule has 0 amide bonds. The van der Waals surface area contributed by atoms with Gasteiger partial charge in [-0.05, 0) is 31.4 Å². The summed E-state index contributed by atoms with van der Waals surface area (Å²) in [6.45, 7) is 4.52. The van der Waals surface area contributed by atoms with Crippen LogP contribution in [0.1, 0.15) is 29.2 Å². The van der Waals surface area contributed by atoms with Crippen molar-refractivity contribution >= 4 is 17.6 Å². The second kappa shape index (κ2) is 4.67. The zero-order valence-electron chi connectivity index (χ0n) is 9.96. The van der Waals surface area contributed by atoms with Gasteiger partial charge in [-0.3, -0.25) is 4.79 Å². The molecule has 1 aliphatic rings. The minimum absolute atomic E-state index is 0.0576. The Morgan fingerprint density at radius 3 is 2.76 bits per heavy atom. The van der Waals surface area contributed by atoms with E-state index in [9.17, 15) is 4.79 Å². The third-order valence-electron chi connectivity index (χ3n) is 3.28. The zero-order chi connectivity index (χ0) is 12.6. The molecule has 2 unspecified atom stereocenters. The third-order valence-corrected chi connectivity index (χ3v) is 3.80. The number of nitrogens with one attached hydrogen (secondary N) is 1. The van der Waals surface area contributed by atoms with Crippen molar-refractivity contribution in [1.82, 2.24) is 5.32 Å². The summed E-state index contributed by atoms with van der Waals surface area (Å²) in [5.74, 6) is -1.04. The van der Waals surface area contributed by atoms with Gasteiger partial charge in [-0.1, -0.05) is 29.3 Å². The summed E-state index contributed by atoms with van der Waals surface area (Å²) in [5, 5.41) is 13.0. The number of rotatable bonds is 2. The molecule has 0 aliphatic carbocycles. The number of aryl methyl sites for hydroxylation is 2. The van der Waals surface area contributed by atoms with Crippen molar-refractivity contribution in [3.8, 4) is 0 Å². The monoisotopic (exact) mass is 253 g/mol. The van der Waals surface area contributed by atoms with Crippen LogP contribution < -0.4 is 5.32 Å². The molecule has 1 saturated heterocycles. The molecule has 92 valence electrons. The highest BCUT2D eigenvalue weighted by Crippen LogP contribution is 2.34. The van der Waals surface area contributed by atoms with Gasteiger partial charge in [0.05, 0.1) is 5.92 Å². The largest absolute Gasteiger partial charge is 0.481 e. The second-order valence-electron chi connectivity index (χ2n) is 4.72. The molecule has 0 radical (unpaired) electrons. The predicted octanol–water partition coefficient (Wildman–Crippen LogP) is 2.69. The van der Waals surface area contributed by atoms with E-state index >= 15 is 0 Å². The lowest BCUT2D eigenvalue weighted by atomic mass is 9.97. The molecular formula is C13H16ClNO2. The first-order chi connectivity index (χ1) is 7.99. The number of carboxylic acid groups (broad SMARTS) is 1. The summed E-state index contributed by atoms with van der Waals surface area (Å²) in [6.07, 6.45) is 0.609. The molecule has 2 rings (SSSR count). The van der Waals surface area contributed by atoms with Gasteiger partial charge in [-0.15, -0.1) is 0 Å². The molecule has 2 atom stereocenters. The molecule has 1 heterocycles. The van der Waals surface area contributed by atoms with E-state index in [0.29, 0.717) is 13.0 Å². The molecule has 3 nitrogen and oxygen atoms in total. The van der Waals surface area contributed by atoms with Gasteiger partial charge < -0.3 is 10.4 Å². The van der Waals surface area contributed by atoms with Crippen LogP contribution in [-0.2, 0) is 4.79 Å². The summed E-state index contributed by atoms with van der Waals surface area (Å²) < 4.78 is 0. The Hall–Kier alpha value is -1.06. The number of halogens is 1. The van der Waals surface area contributed by atoms with E-state index in [1.807, 2.05) is 26.0 Å². The first-order valence-corrected chi connectivity index (χ1v) is 6.09. The average Bonchev–Trinajstić information content (AvgIpc) is 2.72. The van der Waals surface area contributed by atoms with Crippen molar-refractivity contribution in [3.05, 3.63) is 33.8 Å². The van der Waals surface area contributed by atoms with Crippen molar-refractivity contribution in [2.45, 2.75) is 26.3 Å². The highest BCUT2D eigenvalue weighted by Gasteiger charge is 2.31. The van der Waals surface area contributed by atoms with E-state index in [4.69, 9.17) is 16.7 Å². The lowest BCUT2D eigenvalue weighted by molar-refractivity contribution is -0.141. The lowest BCUT2D eigenvalue weighted by Crippen LogP contribution is -2.17. The Balaban J connectivity index is 2.27. The smallest absolute Gasteiger partial charge is 0.307 e. The Labute approximate surface area is 106 Å². The molecule has 1 aromatic carbocycles. The molecular weight excluding hydrogens is 238 g/mol. The van der Waals surface area contributed by atoms with E-state index in [1.165, 1.54) is 0 Å². The predicted molar refractivity (Wildman–Crippen MR) is 67.4 cm³/mol. The van der Waals surface area contributed by atoms with Gasteiger partial charge in [-0.2, -0.15) is 0 Å². The highest BCUT2D eigenvalue weighted by atomic mass is 35.5. The van der Waals surface area contributed by atoms with Crippen molar-refractivity contribution in [2.75, 3.05) is 6.54 Å². The Morgan fingerprint density at radius 2 is 2.18 bits per heavy atom. The van der Waals surface area contributed by atoms with Crippen LogP contribution in [0, 0.1) is 19.8 Å². The fourth-order valence-electron chi connectivity index (χ4n) is 2.40. The quantitative estimate of drug-likeness (QED) is 0.852. The Bertz CT molecular complexity index is 459. The Morgan fingerprint density at radius 1 is 1.47 bits per heavy atom. The normalized spacial score (nSPS) is 23.9. The molecule has 1 aromatic rings. The summed E-state index contributed by atoms with van der Waals surface area (Å²) in [4.78, 5) is 10.9. The van der Waals surface area contributed by atoms with Gasteiger partial charge in [0.1, 0.15) is 0 Å². The minimum Gasteiger partial charge on any atom is -0.481 e. The van der Waals surface area contributed by atoms with Gasteiger partial charge in [0, 0.05) is 17.6 Å². The standard InChI is InChI=1S/C13H16ClNO2/c1-7-3-8(2)12(14)10(4-7)11-5-9(6-15-11)13(16)17/h3-4,9,11,15H,5-6H2,1-2H3,(H,16,17). The number of benzene rings is 1. The Kier molecular flexibility index (Phi) is 3.40. The number of carboxylic acids is 1. The van der Waals surface area contributed by atoms with Crippen LogP contribution in [0.5, 0.6) is 0 Å². The van der Waals surface area contributed by atoms with Crippen LogP contribution in [-0.4, -0.2) is 17.6 Å². The number of hydrogen-bond donors (Lipinski definition) is 2. The van der Waals surface area contributed by atoms with Gasteiger partial charge >= 0.3 is 5.97 Å². The van der Waals surface area contributed by atoms with Crippen LogP contribution in [0.2, 0.25) is 5.02 Å². The molecule has 0 spiro atoms. The van der Waals surface area contributed by atoms with Crippen molar-refractivity contribution < 1.29 is 9.90 Å². The molecule has 0 bridgehead atoms. The SMILES string of the molecule is Cc1cc(C)c(Cl)c(C2CC(C(=O)O)CN2)c1. The maximum absolute atomic E-state index is 10.9. The highest BCUT2D eigenvalue weighted by molar-refractivity contribution is 6.32. The van der Waals surface area contributed by atoms with E-state index in [2.05, 4.69) is 5.32 Å². The van der Waals surface area contributed by atoms with E-state index < -0.39 is 5.97 Å². The van der Waals surface area contributed by atoms with Gasteiger partial charge in [0.2, 0.25) is 0 Å². The summed E-state index contributed by atoms with van der Waals surface area (Å²) in [7, 11) is 0. The van der Waals surface area contributed by atoms with E-state index in [0.717, 1.165) is 21.7 Å². The van der Waals surface area contributed by atoms with Crippen molar-refractivity contribution in [1.29, 1.82) is 0 Å². The molecule has 0 saturated carbocycles. The van der Waals surface area contributed by atoms with Gasteiger partial charge in [-0.25, -0.2) is 0 Å². The van der Waals surface area contributed by atoms with Gasteiger partial charge in [0.25, 0.3) is 0 Å². The number of hydrogen-bond acceptors (Lipinski definition) is 2. The molecule has 1 aliphatic heterocycles. The topological polar surface area (TPSA) is 49.3 Å². The third kappa shape index (κ3) is 2.45. The summed E-state index contributed by atoms with van der Waals surface area (Å²) >= 11 is 6.29. The molecule has 2 N–H and O–H groups in total. The average molecular weight is 254 g/mol. The number of carbonyl (C=O) groups is 1. The van der Waals surface area contributed by atoms with Crippen molar-refractivity contribution in [3.63, 3.8) is 0 Å². The summed E-state index contributed by atoms with van der Waals surface area (Å²) in [5.41, 5.74) is 3.22. The molecule has 1 fully saturated rings. The van der Waals surface area contributed by atoms with Gasteiger partial charge in [0.15, 0.2) is 0 Å². The number of aliphatic carboxylic acids is 1. The van der Waals surface area contributed by atoms with E-state index in [-0.39, 0.29) is 12.0 Å². The fourth-order valence-corrected chi connectivity index (χ4v) is 2.64. The zero-order valence-corrected chi connectivity index (χ0v) is 10.7. The molecule has 0 aromatic heterocycles. The molecule has 4 heteroatoms. The fraction of sp³-hybridized carbons (Fsp3) is 0.462. The summed E-state index contributed by atoms with van der Waals surface area (Å²) in [6, 6.07) is 4.13. The lowest BCUT2D eigenvalue weighted by Gasteiger charge is -2.15. The second-order valence-corrected chi connectivity index (χ2v) is 5.09. The first-order valence-electron chi connectivity index (χ1n) is 5.72. The van der Waals surface area contributed by atoms with E-state index in [1.54, 1.807) is 0 Å². The maximum Gasteiger partial charge on any atom is 0.307 e. The van der Waals surface area contributed by atoms with Crippen LogP contribution in [0.25, 0.3) is 0 Å². The molecule has 17 heavy (non-hydrogen) atoms. The maximum atomic E-state index is 10.9. The van der Waals surface area contributed by atoms with Crippen LogP contribution in [0.3, 0.4) is 0 Å². The van der Waals surface area contributed by atoms with Crippen LogP contribution in [0.4, 0.5) is 0 Å². The van der Waals surface area contributed by atoms with Crippen LogP contribution in [0.15, 0.2) is 12.1 Å². The first kappa shape index (κ1) is 12.4. The van der Waals surface area contributed by atoms with Crippen LogP contribution >= 0.6 is 11.6 Å². The van der Waals surface area contributed by atoms with Crippen molar-refractivity contribution in [2.24, 2.45) is 5.92 Å².